The van der Waals surface area contributed by atoms with Crippen molar-refractivity contribution in [2.45, 2.75) is 17.9 Å². The summed E-state index contributed by atoms with van der Waals surface area (Å²) in [5, 5.41) is 0. The third kappa shape index (κ3) is 2.62. The Kier molecular flexibility index (Phi) is 3.84. The van der Waals surface area contributed by atoms with Gasteiger partial charge in [-0.1, -0.05) is 0 Å². The fraction of sp³-hybridized carbons (Fsp3) is 0.455. The smallest absolute Gasteiger partial charge is 0.243 e. The Morgan fingerprint density at radius 1 is 1.44 bits per heavy atom. The molecule has 18 heavy (non-hydrogen) atoms. The normalized spacial score (nSPS) is 22.0. The van der Waals surface area contributed by atoms with Crippen molar-refractivity contribution in [2.75, 3.05) is 23.8 Å². The Hall–Kier alpha value is -0.790. The molecule has 4 nitrogen and oxygen atoms in total. The molecule has 0 aliphatic carbocycles. The zero-order valence-corrected chi connectivity index (χ0v) is 11.6. The summed E-state index contributed by atoms with van der Waals surface area (Å²) in [6.45, 7) is 2.30. The molecule has 100 valence electrons. The molecule has 0 aromatic heterocycles. The van der Waals surface area contributed by atoms with E-state index < -0.39 is 15.8 Å². The fourth-order valence-corrected chi connectivity index (χ4v) is 4.86. The molecule has 1 fully saturated rings. The topological polar surface area (TPSA) is 63.4 Å². The maximum atomic E-state index is 13.3. The van der Waals surface area contributed by atoms with Crippen LogP contribution in [0.3, 0.4) is 0 Å². The highest BCUT2D eigenvalue weighted by atomic mass is 32.2. The number of nitrogens with zero attached hydrogens (tertiary/aromatic N) is 1. The number of hydrogen-bond acceptors (Lipinski definition) is 4. The molecule has 0 radical (unpaired) electrons. The van der Waals surface area contributed by atoms with Crippen LogP contribution in [0, 0.1) is 5.82 Å². The lowest BCUT2D eigenvalue weighted by Gasteiger charge is -2.31. The molecule has 1 aliphatic rings. The minimum atomic E-state index is -3.66. The summed E-state index contributed by atoms with van der Waals surface area (Å²) < 4.78 is 39.5. The van der Waals surface area contributed by atoms with Crippen molar-refractivity contribution in [3.63, 3.8) is 0 Å². The van der Waals surface area contributed by atoms with Crippen molar-refractivity contribution in [3.05, 3.63) is 24.0 Å². The molecule has 1 saturated heterocycles. The van der Waals surface area contributed by atoms with Gasteiger partial charge >= 0.3 is 0 Å². The number of halogens is 1. The van der Waals surface area contributed by atoms with Gasteiger partial charge in [0.25, 0.3) is 0 Å². The number of anilines is 1. The first-order valence-electron chi connectivity index (χ1n) is 5.57. The van der Waals surface area contributed by atoms with E-state index in [1.807, 2.05) is 6.92 Å². The summed E-state index contributed by atoms with van der Waals surface area (Å²) >= 11 is 1.72. The quantitative estimate of drug-likeness (QED) is 0.839. The van der Waals surface area contributed by atoms with E-state index in [9.17, 15) is 12.8 Å². The second-order valence-electron chi connectivity index (χ2n) is 4.26. The molecular weight excluding hydrogens is 275 g/mol. The van der Waals surface area contributed by atoms with Gasteiger partial charge < -0.3 is 5.73 Å². The van der Waals surface area contributed by atoms with Gasteiger partial charge in [0.2, 0.25) is 10.0 Å². The molecule has 0 saturated carbocycles. The van der Waals surface area contributed by atoms with Crippen molar-refractivity contribution in [1.29, 1.82) is 0 Å². The van der Waals surface area contributed by atoms with Crippen molar-refractivity contribution >= 4 is 27.5 Å². The third-order valence-corrected chi connectivity index (χ3v) is 5.99. The summed E-state index contributed by atoms with van der Waals surface area (Å²) in [4.78, 5) is -0.0706. The molecule has 0 amide bonds. The van der Waals surface area contributed by atoms with Crippen LogP contribution in [-0.4, -0.2) is 36.8 Å². The second-order valence-corrected chi connectivity index (χ2v) is 7.30. The van der Waals surface area contributed by atoms with Gasteiger partial charge in [-0.2, -0.15) is 16.1 Å². The SMILES string of the molecule is CC1CSCCN1S(=O)(=O)c1cc(N)cc(F)c1. The summed E-state index contributed by atoms with van der Waals surface area (Å²) in [7, 11) is -3.66. The van der Waals surface area contributed by atoms with E-state index in [1.165, 1.54) is 10.4 Å². The molecule has 7 heteroatoms. The first-order chi connectivity index (χ1) is 8.41. The van der Waals surface area contributed by atoms with E-state index in [4.69, 9.17) is 5.73 Å². The van der Waals surface area contributed by atoms with Crippen molar-refractivity contribution < 1.29 is 12.8 Å². The average molecular weight is 290 g/mol. The average Bonchev–Trinajstić information content (AvgIpc) is 2.28. The van der Waals surface area contributed by atoms with Crippen LogP contribution in [0.15, 0.2) is 23.1 Å². The van der Waals surface area contributed by atoms with Crippen molar-refractivity contribution in [2.24, 2.45) is 0 Å². The summed E-state index contributed by atoms with van der Waals surface area (Å²) in [5.41, 5.74) is 5.61. The van der Waals surface area contributed by atoms with E-state index >= 15 is 0 Å². The second kappa shape index (κ2) is 5.07. The first-order valence-corrected chi connectivity index (χ1v) is 8.16. The lowest BCUT2D eigenvalue weighted by molar-refractivity contribution is 0.367. The van der Waals surface area contributed by atoms with E-state index in [1.54, 1.807) is 11.8 Å². The lowest BCUT2D eigenvalue weighted by atomic mass is 10.3. The van der Waals surface area contributed by atoms with E-state index in [2.05, 4.69) is 0 Å². The minimum absolute atomic E-state index is 0.0706. The van der Waals surface area contributed by atoms with Gasteiger partial charge in [0.15, 0.2) is 0 Å². The highest BCUT2D eigenvalue weighted by molar-refractivity contribution is 7.99. The van der Waals surface area contributed by atoms with Crippen LogP contribution in [-0.2, 0) is 10.0 Å². The number of thioether (sulfide) groups is 1. The largest absolute Gasteiger partial charge is 0.399 e. The molecule has 1 aromatic carbocycles. The Morgan fingerprint density at radius 3 is 2.78 bits per heavy atom. The van der Waals surface area contributed by atoms with Crippen molar-refractivity contribution in [3.8, 4) is 0 Å². The van der Waals surface area contributed by atoms with Gasteiger partial charge in [-0.05, 0) is 25.1 Å². The Bertz CT molecular complexity index is 528. The van der Waals surface area contributed by atoms with Crippen LogP contribution in [0.25, 0.3) is 0 Å². The zero-order valence-electron chi connectivity index (χ0n) is 9.97. The van der Waals surface area contributed by atoms with Crippen LogP contribution in [0.5, 0.6) is 0 Å². The van der Waals surface area contributed by atoms with Crippen molar-refractivity contribution in [1.82, 2.24) is 4.31 Å². The Balaban J connectivity index is 2.40. The number of hydrogen-bond donors (Lipinski definition) is 1. The number of nitrogens with two attached hydrogens (primary N) is 1. The van der Waals surface area contributed by atoms with Crippen LogP contribution in [0.1, 0.15) is 6.92 Å². The summed E-state index contributed by atoms with van der Waals surface area (Å²) in [6.07, 6.45) is 0. The summed E-state index contributed by atoms with van der Waals surface area (Å²) in [6, 6.07) is 3.33. The van der Waals surface area contributed by atoms with E-state index in [-0.39, 0.29) is 16.6 Å². The number of rotatable bonds is 2. The molecule has 1 aromatic rings. The monoisotopic (exact) mass is 290 g/mol. The van der Waals surface area contributed by atoms with Gasteiger partial charge in [-0.25, -0.2) is 12.8 Å². The lowest BCUT2D eigenvalue weighted by Crippen LogP contribution is -2.44. The fourth-order valence-electron chi connectivity index (χ4n) is 1.94. The molecular formula is C11H15FN2O2S2. The van der Waals surface area contributed by atoms with Crippen LogP contribution < -0.4 is 5.73 Å². The molecule has 0 bridgehead atoms. The van der Waals surface area contributed by atoms with E-state index in [0.29, 0.717) is 6.54 Å². The standard InChI is InChI=1S/C11H15FN2O2S2/c1-8-7-17-3-2-14(8)18(15,16)11-5-9(12)4-10(13)6-11/h4-6,8H,2-3,7,13H2,1H3. The molecule has 2 N–H and O–H groups in total. The van der Waals surface area contributed by atoms with Gasteiger partial charge in [0.1, 0.15) is 5.82 Å². The Labute approximate surface area is 110 Å². The minimum Gasteiger partial charge on any atom is -0.399 e. The van der Waals surface area contributed by atoms with Gasteiger partial charge in [-0.15, -0.1) is 0 Å². The van der Waals surface area contributed by atoms with Crippen LogP contribution >= 0.6 is 11.8 Å². The van der Waals surface area contributed by atoms with Crippen LogP contribution in [0.4, 0.5) is 10.1 Å². The first kappa shape index (κ1) is 13.6. The third-order valence-electron chi connectivity index (χ3n) is 2.81. The molecule has 1 atom stereocenters. The zero-order chi connectivity index (χ0) is 13.3. The molecule has 1 heterocycles. The number of sulfonamides is 1. The van der Waals surface area contributed by atoms with E-state index in [0.717, 1.165) is 23.6 Å². The van der Waals surface area contributed by atoms with Gasteiger partial charge in [0, 0.05) is 29.8 Å². The molecule has 1 unspecified atom stereocenters. The van der Waals surface area contributed by atoms with Gasteiger partial charge in [-0.3, -0.25) is 0 Å². The predicted octanol–water partition coefficient (Wildman–Crippen LogP) is 1.53. The molecule has 2 rings (SSSR count). The highest BCUT2D eigenvalue weighted by Crippen LogP contribution is 2.26. The molecule has 1 aliphatic heterocycles. The van der Waals surface area contributed by atoms with Gasteiger partial charge in [0.05, 0.1) is 4.90 Å². The molecule has 0 spiro atoms. The maximum absolute atomic E-state index is 13.3. The van der Waals surface area contributed by atoms with Crippen LogP contribution in [0.2, 0.25) is 0 Å². The number of benzene rings is 1. The Morgan fingerprint density at radius 2 is 2.17 bits per heavy atom. The highest BCUT2D eigenvalue weighted by Gasteiger charge is 2.31. The predicted molar refractivity (Wildman–Crippen MR) is 71.5 cm³/mol. The maximum Gasteiger partial charge on any atom is 0.243 e. The number of nitrogen functional groups attached to an aromatic ring is 1. The summed E-state index contributed by atoms with van der Waals surface area (Å²) in [5.74, 6) is 0.880.